The number of thiazole rings is 1. The van der Waals surface area contributed by atoms with Gasteiger partial charge in [0.25, 0.3) is 0 Å². The summed E-state index contributed by atoms with van der Waals surface area (Å²) >= 11 is 1.46. The molecular formula is C13H13NOS. The van der Waals surface area contributed by atoms with Crippen LogP contribution in [-0.2, 0) is 0 Å². The van der Waals surface area contributed by atoms with Gasteiger partial charge in [-0.15, -0.1) is 11.3 Å². The fraction of sp³-hybridized carbons (Fsp3) is 0.231. The average molecular weight is 231 g/mol. The van der Waals surface area contributed by atoms with Crippen LogP contribution in [0.4, 0.5) is 0 Å². The normalized spacial score (nSPS) is 10.4. The topological polar surface area (TPSA) is 30.0 Å². The van der Waals surface area contributed by atoms with Crippen molar-refractivity contribution in [3.8, 4) is 11.3 Å². The van der Waals surface area contributed by atoms with Crippen molar-refractivity contribution in [2.24, 2.45) is 0 Å². The van der Waals surface area contributed by atoms with E-state index in [2.05, 4.69) is 11.1 Å². The average Bonchev–Trinajstić information content (AvgIpc) is 2.60. The zero-order valence-corrected chi connectivity index (χ0v) is 10.4. The van der Waals surface area contributed by atoms with Crippen molar-refractivity contribution in [2.75, 3.05) is 0 Å². The number of ketones is 1. The molecule has 1 heterocycles. The molecule has 2 nitrogen and oxygen atoms in total. The lowest BCUT2D eigenvalue weighted by Gasteiger charge is -2.00. The Kier molecular flexibility index (Phi) is 2.88. The molecule has 0 radical (unpaired) electrons. The summed E-state index contributed by atoms with van der Waals surface area (Å²) in [4.78, 5) is 16.7. The van der Waals surface area contributed by atoms with E-state index < -0.39 is 0 Å². The Balaban J connectivity index is 2.59. The molecule has 2 aromatic rings. The van der Waals surface area contributed by atoms with E-state index >= 15 is 0 Å². The highest BCUT2D eigenvalue weighted by atomic mass is 32.1. The van der Waals surface area contributed by atoms with E-state index in [1.54, 1.807) is 6.92 Å². The van der Waals surface area contributed by atoms with Crippen molar-refractivity contribution in [1.82, 2.24) is 4.98 Å². The third-order valence-corrected chi connectivity index (χ3v) is 3.42. The van der Waals surface area contributed by atoms with Gasteiger partial charge in [-0.2, -0.15) is 0 Å². The molecule has 3 heteroatoms. The van der Waals surface area contributed by atoms with Crippen LogP contribution in [0.25, 0.3) is 11.3 Å². The van der Waals surface area contributed by atoms with Crippen LogP contribution in [-0.4, -0.2) is 10.8 Å². The molecule has 0 bridgehead atoms. The van der Waals surface area contributed by atoms with E-state index in [9.17, 15) is 4.79 Å². The molecule has 0 saturated heterocycles. The summed E-state index contributed by atoms with van der Waals surface area (Å²) in [5, 5.41) is 0.932. The zero-order chi connectivity index (χ0) is 11.7. The number of carbonyl (C=O) groups excluding carboxylic acids is 1. The van der Waals surface area contributed by atoms with Gasteiger partial charge in [-0.05, 0) is 19.9 Å². The summed E-state index contributed by atoms with van der Waals surface area (Å²) in [5.41, 5.74) is 3.02. The minimum atomic E-state index is 0.0853. The molecule has 1 aromatic heterocycles. The quantitative estimate of drug-likeness (QED) is 0.739. The molecule has 0 atom stereocenters. The van der Waals surface area contributed by atoms with Crippen molar-refractivity contribution < 1.29 is 4.79 Å². The van der Waals surface area contributed by atoms with Crippen LogP contribution in [0.1, 0.15) is 27.2 Å². The maximum Gasteiger partial charge on any atom is 0.172 e. The second kappa shape index (κ2) is 4.18. The van der Waals surface area contributed by atoms with Gasteiger partial charge in [0.05, 0.1) is 15.6 Å². The van der Waals surface area contributed by atoms with Gasteiger partial charge in [0, 0.05) is 12.5 Å². The van der Waals surface area contributed by atoms with Gasteiger partial charge in [-0.25, -0.2) is 4.98 Å². The van der Waals surface area contributed by atoms with Gasteiger partial charge in [0.1, 0.15) is 0 Å². The first-order valence-electron chi connectivity index (χ1n) is 5.13. The molecule has 0 spiro atoms. The fourth-order valence-electron chi connectivity index (χ4n) is 1.65. The SMILES string of the molecule is CC(=O)c1sc(C)nc1-c1cccc(C)c1. The Hall–Kier alpha value is -1.48. The fourth-order valence-corrected chi connectivity index (χ4v) is 2.49. The van der Waals surface area contributed by atoms with Crippen molar-refractivity contribution in [3.05, 3.63) is 39.7 Å². The highest BCUT2D eigenvalue weighted by Crippen LogP contribution is 2.28. The number of hydrogen-bond acceptors (Lipinski definition) is 3. The largest absolute Gasteiger partial charge is 0.294 e. The Labute approximate surface area is 99.0 Å². The van der Waals surface area contributed by atoms with E-state index in [-0.39, 0.29) is 5.78 Å². The molecule has 82 valence electrons. The minimum absolute atomic E-state index is 0.0853. The zero-order valence-electron chi connectivity index (χ0n) is 9.57. The Morgan fingerprint density at radius 1 is 1.31 bits per heavy atom. The number of hydrogen-bond donors (Lipinski definition) is 0. The summed E-state index contributed by atoms with van der Waals surface area (Å²) in [6, 6.07) is 8.08. The van der Waals surface area contributed by atoms with Crippen LogP contribution in [0.5, 0.6) is 0 Å². The Morgan fingerprint density at radius 3 is 2.69 bits per heavy atom. The van der Waals surface area contributed by atoms with Crippen LogP contribution in [0.15, 0.2) is 24.3 Å². The molecule has 0 N–H and O–H groups in total. The highest BCUT2D eigenvalue weighted by Gasteiger charge is 2.14. The maximum atomic E-state index is 11.5. The summed E-state index contributed by atoms with van der Waals surface area (Å²) < 4.78 is 0. The number of benzene rings is 1. The van der Waals surface area contributed by atoms with Crippen LogP contribution in [0, 0.1) is 13.8 Å². The van der Waals surface area contributed by atoms with Gasteiger partial charge >= 0.3 is 0 Å². The smallest absolute Gasteiger partial charge is 0.172 e. The molecule has 0 saturated carbocycles. The van der Waals surface area contributed by atoms with Gasteiger partial charge in [0.2, 0.25) is 0 Å². The third-order valence-electron chi connectivity index (χ3n) is 2.35. The lowest BCUT2D eigenvalue weighted by Crippen LogP contribution is -1.91. The van der Waals surface area contributed by atoms with Gasteiger partial charge in [0.15, 0.2) is 5.78 Å². The molecule has 16 heavy (non-hydrogen) atoms. The van der Waals surface area contributed by atoms with Crippen LogP contribution < -0.4 is 0 Å². The number of carbonyl (C=O) groups is 1. The van der Waals surface area contributed by atoms with E-state index in [1.807, 2.05) is 32.0 Å². The first-order valence-corrected chi connectivity index (χ1v) is 5.95. The number of aromatic nitrogens is 1. The molecule has 0 unspecified atom stereocenters. The second-order valence-electron chi connectivity index (χ2n) is 3.84. The van der Waals surface area contributed by atoms with E-state index in [4.69, 9.17) is 0 Å². The molecule has 0 aliphatic carbocycles. The van der Waals surface area contributed by atoms with Gasteiger partial charge < -0.3 is 0 Å². The third kappa shape index (κ3) is 2.04. The van der Waals surface area contributed by atoms with Crippen LogP contribution in [0.2, 0.25) is 0 Å². The predicted octanol–water partition coefficient (Wildman–Crippen LogP) is 3.63. The standard InChI is InChI=1S/C13H13NOS/c1-8-5-4-6-11(7-8)12-13(9(2)15)16-10(3)14-12/h4-7H,1-3H3. The number of rotatable bonds is 2. The van der Waals surface area contributed by atoms with E-state index in [0.29, 0.717) is 0 Å². The van der Waals surface area contributed by atoms with Crippen LogP contribution in [0.3, 0.4) is 0 Å². The van der Waals surface area contributed by atoms with E-state index in [1.165, 1.54) is 16.9 Å². The Morgan fingerprint density at radius 2 is 2.06 bits per heavy atom. The lowest BCUT2D eigenvalue weighted by atomic mass is 10.1. The monoisotopic (exact) mass is 231 g/mol. The lowest BCUT2D eigenvalue weighted by molar-refractivity contribution is 0.102. The summed E-state index contributed by atoms with van der Waals surface area (Å²) in [6.45, 7) is 5.55. The number of aryl methyl sites for hydroxylation is 2. The number of Topliss-reactive ketones (excluding diaryl/α,β-unsaturated/α-hetero) is 1. The first kappa shape index (κ1) is 11.0. The number of nitrogens with zero attached hydrogens (tertiary/aromatic N) is 1. The molecule has 1 aromatic carbocycles. The predicted molar refractivity (Wildman–Crippen MR) is 67.0 cm³/mol. The maximum absolute atomic E-state index is 11.5. The summed E-state index contributed by atoms with van der Waals surface area (Å²) in [6.07, 6.45) is 0. The van der Waals surface area contributed by atoms with Gasteiger partial charge in [-0.1, -0.05) is 23.8 Å². The first-order chi connectivity index (χ1) is 7.58. The molecular weight excluding hydrogens is 218 g/mol. The van der Waals surface area contributed by atoms with Crippen molar-refractivity contribution in [1.29, 1.82) is 0 Å². The van der Waals surface area contributed by atoms with Crippen LogP contribution >= 0.6 is 11.3 Å². The Bertz CT molecular complexity index is 543. The van der Waals surface area contributed by atoms with Gasteiger partial charge in [-0.3, -0.25) is 4.79 Å². The summed E-state index contributed by atoms with van der Waals surface area (Å²) in [7, 11) is 0. The molecule has 0 fully saturated rings. The van der Waals surface area contributed by atoms with Crippen molar-refractivity contribution in [2.45, 2.75) is 20.8 Å². The second-order valence-corrected chi connectivity index (χ2v) is 5.04. The van der Waals surface area contributed by atoms with Crippen molar-refractivity contribution >= 4 is 17.1 Å². The molecule has 2 rings (SSSR count). The van der Waals surface area contributed by atoms with E-state index in [0.717, 1.165) is 21.1 Å². The molecule has 0 aliphatic heterocycles. The molecule has 0 amide bonds. The highest BCUT2D eigenvalue weighted by molar-refractivity contribution is 7.14. The summed E-state index contributed by atoms with van der Waals surface area (Å²) in [5.74, 6) is 0.0853. The molecule has 0 aliphatic rings. The van der Waals surface area contributed by atoms with Crippen molar-refractivity contribution in [3.63, 3.8) is 0 Å². The minimum Gasteiger partial charge on any atom is -0.294 e.